The summed E-state index contributed by atoms with van der Waals surface area (Å²) in [5, 5.41) is 0. The van der Waals surface area contributed by atoms with Crippen molar-refractivity contribution in [1.29, 1.82) is 0 Å². The Hall–Kier alpha value is -0.940. The average Bonchev–Trinajstić information content (AvgIpc) is 2.16. The van der Waals surface area contributed by atoms with Crippen molar-refractivity contribution in [3.63, 3.8) is 0 Å². The molecule has 90 valence electrons. The van der Waals surface area contributed by atoms with Crippen LogP contribution in [-0.2, 0) is 9.84 Å². The van der Waals surface area contributed by atoms with Crippen molar-refractivity contribution in [2.24, 2.45) is 5.73 Å². The average molecular weight is 245 g/mol. The first-order valence-electron chi connectivity index (χ1n) is 5.06. The molecule has 0 aliphatic heterocycles. The first-order valence-corrected chi connectivity index (χ1v) is 6.95. The largest absolute Gasteiger partial charge is 0.330 e. The first kappa shape index (κ1) is 13.1. The van der Waals surface area contributed by atoms with Crippen LogP contribution in [0.1, 0.15) is 24.8 Å². The topological polar surface area (TPSA) is 60.2 Å². The molecule has 0 saturated carbocycles. The van der Waals surface area contributed by atoms with E-state index in [1.54, 1.807) is 12.1 Å². The maximum absolute atomic E-state index is 13.9. The summed E-state index contributed by atoms with van der Waals surface area (Å²) in [7, 11) is -3.51. The Bertz CT molecular complexity index is 471. The van der Waals surface area contributed by atoms with E-state index in [0.717, 1.165) is 6.26 Å². The van der Waals surface area contributed by atoms with E-state index >= 15 is 0 Å². The fraction of sp³-hybridized carbons (Fsp3) is 0.455. The second kappa shape index (κ2) is 4.93. The van der Waals surface area contributed by atoms with Crippen molar-refractivity contribution in [2.75, 3.05) is 12.8 Å². The predicted octanol–water partition coefficient (Wildman–Crippen LogP) is 1.68. The molecule has 0 fully saturated rings. The minimum atomic E-state index is -3.51. The number of nitrogens with two attached hydrogens (primary N) is 1. The van der Waals surface area contributed by atoms with Gasteiger partial charge < -0.3 is 5.73 Å². The van der Waals surface area contributed by atoms with Crippen LogP contribution < -0.4 is 5.73 Å². The van der Waals surface area contributed by atoms with Crippen LogP contribution in [0.2, 0.25) is 0 Å². The van der Waals surface area contributed by atoms with Gasteiger partial charge in [-0.3, -0.25) is 0 Å². The van der Waals surface area contributed by atoms with E-state index in [1.807, 2.05) is 6.92 Å². The molecule has 0 spiro atoms. The van der Waals surface area contributed by atoms with Crippen molar-refractivity contribution in [3.8, 4) is 0 Å². The molecule has 0 aromatic heterocycles. The quantitative estimate of drug-likeness (QED) is 0.878. The number of halogens is 1. The number of hydrogen-bond acceptors (Lipinski definition) is 3. The number of sulfone groups is 1. The lowest BCUT2D eigenvalue weighted by atomic mass is 9.97. The second-order valence-corrected chi connectivity index (χ2v) is 5.89. The highest BCUT2D eigenvalue weighted by Crippen LogP contribution is 2.25. The summed E-state index contributed by atoms with van der Waals surface area (Å²) in [5.74, 6) is -0.724. The fourth-order valence-corrected chi connectivity index (χ4v) is 2.37. The summed E-state index contributed by atoms with van der Waals surface area (Å²) in [5.41, 5.74) is 5.81. The zero-order valence-corrected chi connectivity index (χ0v) is 10.2. The molecule has 1 aromatic rings. The third-order valence-electron chi connectivity index (χ3n) is 2.52. The van der Waals surface area contributed by atoms with Crippen LogP contribution in [0.5, 0.6) is 0 Å². The van der Waals surface area contributed by atoms with E-state index in [9.17, 15) is 12.8 Å². The molecule has 0 aliphatic carbocycles. The Morgan fingerprint density at radius 1 is 1.44 bits per heavy atom. The molecule has 1 unspecified atom stereocenters. The Labute approximate surface area is 95.4 Å². The van der Waals surface area contributed by atoms with E-state index in [-0.39, 0.29) is 10.8 Å². The smallest absolute Gasteiger partial charge is 0.178 e. The fourth-order valence-electron chi connectivity index (χ4n) is 1.60. The molecule has 3 nitrogen and oxygen atoms in total. The van der Waals surface area contributed by atoms with Gasteiger partial charge in [0.1, 0.15) is 10.7 Å². The van der Waals surface area contributed by atoms with Crippen molar-refractivity contribution in [3.05, 3.63) is 29.6 Å². The second-order valence-electron chi connectivity index (χ2n) is 3.91. The van der Waals surface area contributed by atoms with Crippen LogP contribution in [0.15, 0.2) is 23.1 Å². The lowest BCUT2D eigenvalue weighted by molar-refractivity contribution is 0.543. The molecule has 1 aromatic carbocycles. The van der Waals surface area contributed by atoms with E-state index in [1.165, 1.54) is 6.07 Å². The van der Waals surface area contributed by atoms with Gasteiger partial charge in [-0.25, -0.2) is 12.8 Å². The van der Waals surface area contributed by atoms with Gasteiger partial charge in [0.15, 0.2) is 9.84 Å². The molecular weight excluding hydrogens is 229 g/mol. The van der Waals surface area contributed by atoms with Crippen LogP contribution in [0, 0.1) is 5.82 Å². The zero-order chi connectivity index (χ0) is 12.3. The Morgan fingerprint density at radius 3 is 2.56 bits per heavy atom. The van der Waals surface area contributed by atoms with Crippen LogP contribution in [0.3, 0.4) is 0 Å². The van der Waals surface area contributed by atoms with E-state index < -0.39 is 15.7 Å². The molecule has 0 heterocycles. The van der Waals surface area contributed by atoms with Gasteiger partial charge in [0.25, 0.3) is 0 Å². The molecule has 16 heavy (non-hydrogen) atoms. The molecule has 0 radical (unpaired) electrons. The van der Waals surface area contributed by atoms with Gasteiger partial charge in [0, 0.05) is 6.26 Å². The van der Waals surface area contributed by atoms with Crippen molar-refractivity contribution in [2.45, 2.75) is 24.2 Å². The zero-order valence-electron chi connectivity index (χ0n) is 9.40. The first-order chi connectivity index (χ1) is 7.38. The molecular formula is C11H16FNO2S. The molecule has 1 atom stereocenters. The lowest BCUT2D eigenvalue weighted by Gasteiger charge is -2.13. The molecule has 0 aliphatic rings. The van der Waals surface area contributed by atoms with Crippen LogP contribution in [0.4, 0.5) is 4.39 Å². The summed E-state index contributed by atoms with van der Waals surface area (Å²) in [6.07, 6.45) is 1.63. The van der Waals surface area contributed by atoms with Gasteiger partial charge in [-0.2, -0.15) is 0 Å². The van der Waals surface area contributed by atoms with E-state index in [4.69, 9.17) is 5.73 Å². The van der Waals surface area contributed by atoms with Gasteiger partial charge >= 0.3 is 0 Å². The number of benzene rings is 1. The van der Waals surface area contributed by atoms with Crippen molar-refractivity contribution >= 4 is 9.84 Å². The van der Waals surface area contributed by atoms with Gasteiger partial charge in [-0.05, 0) is 30.5 Å². The van der Waals surface area contributed by atoms with Gasteiger partial charge in [-0.1, -0.05) is 19.1 Å². The molecule has 1 rings (SSSR count). The van der Waals surface area contributed by atoms with Gasteiger partial charge in [-0.15, -0.1) is 0 Å². The van der Waals surface area contributed by atoms with Crippen LogP contribution >= 0.6 is 0 Å². The highest BCUT2D eigenvalue weighted by Gasteiger charge is 2.19. The minimum absolute atomic E-state index is 0.0771. The standard InChI is InChI=1S/C11H16FNO2S/c1-8(6-7-13)9-4-3-5-10(11(9)12)16(2,14)15/h3-5,8H,6-7,13H2,1-2H3. The molecule has 0 saturated heterocycles. The Balaban J connectivity index is 3.24. The lowest BCUT2D eigenvalue weighted by Crippen LogP contribution is -2.09. The van der Waals surface area contributed by atoms with Crippen molar-refractivity contribution in [1.82, 2.24) is 0 Å². The third-order valence-corrected chi connectivity index (χ3v) is 3.64. The highest BCUT2D eigenvalue weighted by molar-refractivity contribution is 7.90. The molecule has 5 heteroatoms. The maximum Gasteiger partial charge on any atom is 0.178 e. The number of rotatable bonds is 4. The molecule has 2 N–H and O–H groups in total. The third kappa shape index (κ3) is 2.80. The van der Waals surface area contributed by atoms with Crippen LogP contribution in [-0.4, -0.2) is 21.2 Å². The number of hydrogen-bond donors (Lipinski definition) is 1. The summed E-state index contributed by atoms with van der Waals surface area (Å²) in [4.78, 5) is -0.242. The summed E-state index contributed by atoms with van der Waals surface area (Å²) >= 11 is 0. The minimum Gasteiger partial charge on any atom is -0.330 e. The monoisotopic (exact) mass is 245 g/mol. The van der Waals surface area contributed by atoms with E-state index in [0.29, 0.717) is 18.5 Å². The summed E-state index contributed by atoms with van der Waals surface area (Å²) < 4.78 is 36.6. The Morgan fingerprint density at radius 2 is 2.06 bits per heavy atom. The molecule has 0 amide bonds. The predicted molar refractivity (Wildman–Crippen MR) is 61.6 cm³/mol. The van der Waals surface area contributed by atoms with Crippen LogP contribution in [0.25, 0.3) is 0 Å². The van der Waals surface area contributed by atoms with Gasteiger partial charge in [0.2, 0.25) is 0 Å². The van der Waals surface area contributed by atoms with Crippen molar-refractivity contribution < 1.29 is 12.8 Å². The van der Waals surface area contributed by atoms with Gasteiger partial charge in [0.05, 0.1) is 0 Å². The normalized spacial score (nSPS) is 13.8. The van der Waals surface area contributed by atoms with E-state index in [2.05, 4.69) is 0 Å². The summed E-state index contributed by atoms with van der Waals surface area (Å²) in [6.45, 7) is 2.28. The maximum atomic E-state index is 13.9. The Kier molecular flexibility index (Phi) is 4.04. The SMILES string of the molecule is CC(CCN)c1cccc(S(C)(=O)=O)c1F. The summed E-state index contributed by atoms with van der Waals surface area (Å²) in [6, 6.07) is 4.44. The molecule has 0 bridgehead atoms. The highest BCUT2D eigenvalue weighted by atomic mass is 32.2.